The number of nitrogens with two attached hydrogens (primary N) is 1. The molecule has 0 aliphatic heterocycles. The summed E-state index contributed by atoms with van der Waals surface area (Å²) in [5.41, 5.74) is 8.44. The van der Waals surface area contributed by atoms with Gasteiger partial charge in [-0.05, 0) is 50.3 Å². The lowest BCUT2D eigenvalue weighted by Crippen LogP contribution is -2.36. The molecule has 0 heterocycles. The highest BCUT2D eigenvalue weighted by Crippen LogP contribution is 2.34. The van der Waals surface area contributed by atoms with Gasteiger partial charge in [-0.1, -0.05) is 12.1 Å². The van der Waals surface area contributed by atoms with E-state index >= 15 is 0 Å². The van der Waals surface area contributed by atoms with Crippen molar-refractivity contribution in [3.05, 3.63) is 29.3 Å². The van der Waals surface area contributed by atoms with Crippen LogP contribution in [0.4, 0.5) is 0 Å². The molecule has 0 spiro atoms. The predicted molar refractivity (Wildman–Crippen MR) is 75.1 cm³/mol. The van der Waals surface area contributed by atoms with E-state index in [9.17, 15) is 4.79 Å². The average Bonchev–Trinajstić information content (AvgIpc) is 2.40. The lowest BCUT2D eigenvalue weighted by molar-refractivity contribution is -0.127. The van der Waals surface area contributed by atoms with Crippen LogP contribution >= 0.6 is 0 Å². The lowest BCUT2D eigenvalue weighted by Gasteiger charge is -2.25. The van der Waals surface area contributed by atoms with Crippen molar-refractivity contribution in [3.8, 4) is 5.75 Å². The van der Waals surface area contributed by atoms with Crippen LogP contribution in [0.2, 0.25) is 0 Å². The van der Waals surface area contributed by atoms with Crippen LogP contribution in [0.5, 0.6) is 5.75 Å². The Morgan fingerprint density at radius 3 is 3.11 bits per heavy atom. The fourth-order valence-electron chi connectivity index (χ4n) is 2.52. The monoisotopic (exact) mass is 262 g/mol. The molecule has 2 rings (SSSR count). The van der Waals surface area contributed by atoms with Gasteiger partial charge < -0.3 is 15.8 Å². The van der Waals surface area contributed by atoms with E-state index in [0.717, 1.165) is 36.1 Å². The van der Waals surface area contributed by atoms with E-state index in [1.54, 1.807) is 6.92 Å². The SMILES string of the molecule is CCNC(=O)C(C)Oc1cccc2c1CCCC2N. The average molecular weight is 262 g/mol. The van der Waals surface area contributed by atoms with E-state index in [0.29, 0.717) is 6.54 Å². The number of nitrogens with one attached hydrogen (secondary N) is 1. The Labute approximate surface area is 114 Å². The number of likely N-dealkylation sites (N-methyl/N-ethyl adjacent to an activating group) is 1. The lowest BCUT2D eigenvalue weighted by atomic mass is 9.87. The highest BCUT2D eigenvalue weighted by molar-refractivity contribution is 5.80. The summed E-state index contributed by atoms with van der Waals surface area (Å²) in [4.78, 5) is 11.7. The first kappa shape index (κ1) is 13.9. The second kappa shape index (κ2) is 6.06. The molecule has 4 nitrogen and oxygen atoms in total. The van der Waals surface area contributed by atoms with E-state index < -0.39 is 6.10 Å². The first-order valence-electron chi connectivity index (χ1n) is 6.95. The molecule has 0 bridgehead atoms. The summed E-state index contributed by atoms with van der Waals surface area (Å²) in [6.07, 6.45) is 2.58. The van der Waals surface area contributed by atoms with Crippen molar-refractivity contribution in [1.82, 2.24) is 5.32 Å². The summed E-state index contributed by atoms with van der Waals surface area (Å²) in [5.74, 6) is 0.714. The summed E-state index contributed by atoms with van der Waals surface area (Å²) >= 11 is 0. The highest BCUT2D eigenvalue weighted by atomic mass is 16.5. The number of fused-ring (bicyclic) bond motifs is 1. The fourth-order valence-corrected chi connectivity index (χ4v) is 2.52. The number of hydrogen-bond acceptors (Lipinski definition) is 3. The largest absolute Gasteiger partial charge is 0.481 e. The van der Waals surface area contributed by atoms with E-state index in [4.69, 9.17) is 10.5 Å². The summed E-state index contributed by atoms with van der Waals surface area (Å²) < 4.78 is 5.81. The van der Waals surface area contributed by atoms with Gasteiger partial charge in [0.05, 0.1) is 0 Å². The second-order valence-electron chi connectivity index (χ2n) is 4.98. The van der Waals surface area contributed by atoms with Crippen molar-refractivity contribution in [3.63, 3.8) is 0 Å². The van der Waals surface area contributed by atoms with E-state index in [1.165, 1.54) is 0 Å². The van der Waals surface area contributed by atoms with Gasteiger partial charge in [-0.25, -0.2) is 0 Å². The number of carbonyl (C=O) groups is 1. The zero-order valence-electron chi connectivity index (χ0n) is 11.6. The molecule has 0 saturated carbocycles. The standard InChI is InChI=1S/C15H22N2O2/c1-3-17-15(18)10(2)19-14-9-5-6-11-12(14)7-4-8-13(11)16/h5-6,9-10,13H,3-4,7-8,16H2,1-2H3,(H,17,18). The molecule has 1 amide bonds. The number of benzene rings is 1. The zero-order chi connectivity index (χ0) is 13.8. The summed E-state index contributed by atoms with van der Waals surface area (Å²) in [6.45, 7) is 4.28. The van der Waals surface area contributed by atoms with Crippen LogP contribution in [-0.2, 0) is 11.2 Å². The molecular formula is C15H22N2O2. The molecule has 0 radical (unpaired) electrons. The Kier molecular flexibility index (Phi) is 4.43. The van der Waals surface area contributed by atoms with E-state index in [1.807, 2.05) is 19.1 Å². The quantitative estimate of drug-likeness (QED) is 0.871. The topological polar surface area (TPSA) is 64.3 Å². The van der Waals surface area contributed by atoms with Crippen LogP contribution < -0.4 is 15.8 Å². The van der Waals surface area contributed by atoms with Gasteiger partial charge in [-0.15, -0.1) is 0 Å². The number of hydrogen-bond donors (Lipinski definition) is 2. The molecule has 4 heteroatoms. The van der Waals surface area contributed by atoms with Crippen LogP contribution in [0.25, 0.3) is 0 Å². The van der Waals surface area contributed by atoms with Crippen molar-refractivity contribution in [2.24, 2.45) is 5.73 Å². The fraction of sp³-hybridized carbons (Fsp3) is 0.533. The maximum absolute atomic E-state index is 11.7. The van der Waals surface area contributed by atoms with Gasteiger partial charge in [0, 0.05) is 12.6 Å². The normalized spacial score (nSPS) is 19.4. The molecule has 1 aromatic carbocycles. The maximum Gasteiger partial charge on any atom is 0.260 e. The molecule has 0 fully saturated rings. The van der Waals surface area contributed by atoms with Gasteiger partial charge in [0.1, 0.15) is 5.75 Å². The minimum absolute atomic E-state index is 0.0831. The Hall–Kier alpha value is -1.55. The zero-order valence-corrected chi connectivity index (χ0v) is 11.6. The third kappa shape index (κ3) is 3.07. The first-order valence-corrected chi connectivity index (χ1v) is 6.95. The molecule has 104 valence electrons. The number of amides is 1. The van der Waals surface area contributed by atoms with Crippen LogP contribution in [0.15, 0.2) is 18.2 Å². The molecule has 2 atom stereocenters. The minimum Gasteiger partial charge on any atom is -0.481 e. The van der Waals surface area contributed by atoms with Crippen LogP contribution in [0, 0.1) is 0 Å². The van der Waals surface area contributed by atoms with E-state index in [-0.39, 0.29) is 11.9 Å². The van der Waals surface area contributed by atoms with Crippen molar-refractivity contribution in [2.75, 3.05) is 6.54 Å². The first-order chi connectivity index (χ1) is 9.13. The molecule has 3 N–H and O–H groups in total. The number of rotatable bonds is 4. The number of carbonyl (C=O) groups excluding carboxylic acids is 1. The Balaban J connectivity index is 2.17. The van der Waals surface area contributed by atoms with Crippen molar-refractivity contribution in [2.45, 2.75) is 45.3 Å². The van der Waals surface area contributed by atoms with Crippen molar-refractivity contribution in [1.29, 1.82) is 0 Å². The Morgan fingerprint density at radius 1 is 1.58 bits per heavy atom. The predicted octanol–water partition coefficient (Wildman–Crippen LogP) is 1.93. The molecule has 19 heavy (non-hydrogen) atoms. The molecular weight excluding hydrogens is 240 g/mol. The Bertz CT molecular complexity index is 459. The summed E-state index contributed by atoms with van der Waals surface area (Å²) in [5, 5.41) is 2.77. The summed E-state index contributed by atoms with van der Waals surface area (Å²) in [7, 11) is 0. The highest BCUT2D eigenvalue weighted by Gasteiger charge is 2.22. The van der Waals surface area contributed by atoms with Crippen molar-refractivity contribution < 1.29 is 9.53 Å². The van der Waals surface area contributed by atoms with Crippen LogP contribution in [-0.4, -0.2) is 18.6 Å². The van der Waals surface area contributed by atoms with Crippen LogP contribution in [0.1, 0.15) is 43.9 Å². The van der Waals surface area contributed by atoms with Gasteiger partial charge in [-0.2, -0.15) is 0 Å². The molecule has 1 aliphatic rings. The summed E-state index contributed by atoms with van der Waals surface area (Å²) in [6, 6.07) is 6.02. The Morgan fingerprint density at radius 2 is 2.37 bits per heavy atom. The maximum atomic E-state index is 11.7. The second-order valence-corrected chi connectivity index (χ2v) is 4.98. The smallest absolute Gasteiger partial charge is 0.260 e. The number of ether oxygens (including phenoxy) is 1. The third-order valence-electron chi connectivity index (χ3n) is 3.53. The van der Waals surface area contributed by atoms with Gasteiger partial charge in [0.25, 0.3) is 5.91 Å². The van der Waals surface area contributed by atoms with Crippen molar-refractivity contribution >= 4 is 5.91 Å². The molecule has 2 unspecified atom stereocenters. The van der Waals surface area contributed by atoms with Gasteiger partial charge >= 0.3 is 0 Å². The van der Waals surface area contributed by atoms with Gasteiger partial charge in [0.2, 0.25) is 0 Å². The van der Waals surface area contributed by atoms with Crippen LogP contribution in [0.3, 0.4) is 0 Å². The third-order valence-corrected chi connectivity index (χ3v) is 3.53. The molecule has 0 saturated heterocycles. The van der Waals surface area contributed by atoms with Gasteiger partial charge in [0.15, 0.2) is 6.10 Å². The molecule has 1 aromatic rings. The van der Waals surface area contributed by atoms with E-state index in [2.05, 4.69) is 11.4 Å². The molecule has 1 aliphatic carbocycles. The molecule has 0 aromatic heterocycles. The van der Waals surface area contributed by atoms with Gasteiger partial charge in [-0.3, -0.25) is 4.79 Å². The minimum atomic E-state index is -0.482.